The molecule has 0 bridgehead atoms. The Morgan fingerprint density at radius 1 is 0.933 bits per heavy atom. The molecule has 2 aromatic carbocycles. The van der Waals surface area contributed by atoms with Crippen molar-refractivity contribution in [3.8, 4) is 23.0 Å². The molecule has 0 aromatic heterocycles. The van der Waals surface area contributed by atoms with Gasteiger partial charge in [-0.3, -0.25) is 9.59 Å². The van der Waals surface area contributed by atoms with Gasteiger partial charge in [-0.15, -0.1) is 0 Å². The van der Waals surface area contributed by atoms with Crippen LogP contribution in [0.1, 0.15) is 27.9 Å². The molecule has 0 unspecified atom stereocenters. The normalized spacial score (nSPS) is 14.3. The summed E-state index contributed by atoms with van der Waals surface area (Å²) in [5.41, 5.74) is 2.16. The molecule has 30 heavy (non-hydrogen) atoms. The molecule has 0 spiro atoms. The molecule has 1 heterocycles. The van der Waals surface area contributed by atoms with Gasteiger partial charge >= 0.3 is 0 Å². The minimum atomic E-state index is -0.664. The quantitative estimate of drug-likeness (QED) is 0.662. The highest BCUT2D eigenvalue weighted by Crippen LogP contribution is 2.35. The molecular weight excluding hydrogens is 388 g/mol. The number of aryl methyl sites for hydroxylation is 2. The molecule has 3 rings (SSSR count). The molecule has 0 saturated carbocycles. The Hall–Kier alpha value is -3.42. The summed E-state index contributed by atoms with van der Waals surface area (Å²) in [6, 6.07) is 8.00. The van der Waals surface area contributed by atoms with Crippen LogP contribution >= 0.6 is 0 Å². The van der Waals surface area contributed by atoms with Crippen LogP contribution in [0.3, 0.4) is 0 Å². The second-order valence-corrected chi connectivity index (χ2v) is 7.45. The van der Waals surface area contributed by atoms with Crippen molar-refractivity contribution >= 4 is 11.8 Å². The molecule has 1 aliphatic heterocycles. The van der Waals surface area contributed by atoms with E-state index in [1.54, 1.807) is 9.80 Å². The summed E-state index contributed by atoms with van der Waals surface area (Å²) in [7, 11) is 0. The largest absolute Gasteiger partial charge is 0.504 e. The van der Waals surface area contributed by atoms with E-state index in [9.17, 15) is 24.9 Å². The molecule has 1 aliphatic rings. The first-order valence-corrected chi connectivity index (χ1v) is 9.78. The van der Waals surface area contributed by atoms with E-state index in [2.05, 4.69) is 0 Å². The van der Waals surface area contributed by atoms with Crippen LogP contribution < -0.4 is 4.74 Å². The molecule has 8 heteroatoms. The van der Waals surface area contributed by atoms with E-state index in [0.717, 1.165) is 23.3 Å². The fourth-order valence-corrected chi connectivity index (χ4v) is 3.47. The van der Waals surface area contributed by atoms with Crippen molar-refractivity contribution in [3.63, 3.8) is 0 Å². The summed E-state index contributed by atoms with van der Waals surface area (Å²) in [4.78, 5) is 28.5. The summed E-state index contributed by atoms with van der Waals surface area (Å²) < 4.78 is 5.68. The molecule has 0 aliphatic carbocycles. The number of rotatable bonds is 4. The van der Waals surface area contributed by atoms with Crippen LogP contribution in [0.25, 0.3) is 0 Å². The number of phenols is 3. The fraction of sp³-hybridized carbons (Fsp3) is 0.364. The van der Waals surface area contributed by atoms with Gasteiger partial charge in [-0.1, -0.05) is 17.7 Å². The van der Waals surface area contributed by atoms with Gasteiger partial charge in [0.25, 0.3) is 11.8 Å². The van der Waals surface area contributed by atoms with Crippen LogP contribution in [-0.4, -0.2) is 69.7 Å². The summed E-state index contributed by atoms with van der Waals surface area (Å²) in [6.07, 6.45) is 0.594. The molecule has 1 saturated heterocycles. The minimum Gasteiger partial charge on any atom is -0.504 e. The first-order chi connectivity index (χ1) is 14.3. The summed E-state index contributed by atoms with van der Waals surface area (Å²) >= 11 is 0. The van der Waals surface area contributed by atoms with Crippen LogP contribution in [0.4, 0.5) is 0 Å². The third-order valence-electron chi connectivity index (χ3n) is 5.13. The summed E-state index contributed by atoms with van der Waals surface area (Å²) in [5.74, 6) is -1.65. The Labute approximate surface area is 174 Å². The maximum Gasteiger partial charge on any atom is 0.260 e. The zero-order valence-electron chi connectivity index (χ0n) is 17.1. The second kappa shape index (κ2) is 8.94. The first kappa shape index (κ1) is 21.3. The molecule has 2 amide bonds. The molecular formula is C22H26N2O6. The predicted molar refractivity (Wildman–Crippen MR) is 110 cm³/mol. The van der Waals surface area contributed by atoms with Crippen molar-refractivity contribution in [1.29, 1.82) is 0 Å². The third-order valence-corrected chi connectivity index (χ3v) is 5.13. The first-order valence-electron chi connectivity index (χ1n) is 9.78. The maximum atomic E-state index is 12.7. The fourth-order valence-electron chi connectivity index (χ4n) is 3.47. The average molecular weight is 414 g/mol. The van der Waals surface area contributed by atoms with Gasteiger partial charge in [0.15, 0.2) is 23.9 Å². The number of amides is 2. The van der Waals surface area contributed by atoms with Crippen molar-refractivity contribution in [2.24, 2.45) is 0 Å². The van der Waals surface area contributed by atoms with E-state index in [4.69, 9.17) is 4.74 Å². The number of carbonyl (C=O) groups excluding carboxylic acids is 2. The molecule has 1 fully saturated rings. The van der Waals surface area contributed by atoms with Gasteiger partial charge in [0.2, 0.25) is 0 Å². The number of hydrogen-bond donors (Lipinski definition) is 3. The Morgan fingerprint density at radius 2 is 1.57 bits per heavy atom. The lowest BCUT2D eigenvalue weighted by molar-refractivity contribution is -0.133. The zero-order valence-corrected chi connectivity index (χ0v) is 17.1. The number of benzene rings is 2. The van der Waals surface area contributed by atoms with Crippen LogP contribution in [0.5, 0.6) is 23.0 Å². The zero-order chi connectivity index (χ0) is 21.8. The average Bonchev–Trinajstić information content (AvgIpc) is 2.96. The Morgan fingerprint density at radius 3 is 2.23 bits per heavy atom. The summed E-state index contributed by atoms with van der Waals surface area (Å²) in [6.45, 7) is 5.47. The lowest BCUT2D eigenvalue weighted by Gasteiger charge is -2.22. The molecule has 8 nitrogen and oxygen atoms in total. The highest BCUT2D eigenvalue weighted by atomic mass is 16.5. The van der Waals surface area contributed by atoms with Gasteiger partial charge in [0.1, 0.15) is 5.75 Å². The van der Waals surface area contributed by atoms with Gasteiger partial charge in [0.05, 0.1) is 0 Å². The highest BCUT2D eigenvalue weighted by molar-refractivity contribution is 5.95. The van der Waals surface area contributed by atoms with Gasteiger partial charge in [-0.2, -0.15) is 0 Å². The monoisotopic (exact) mass is 414 g/mol. The maximum absolute atomic E-state index is 12.7. The molecule has 2 aromatic rings. The molecule has 0 radical (unpaired) electrons. The molecule has 160 valence electrons. The molecule has 0 atom stereocenters. The van der Waals surface area contributed by atoms with Gasteiger partial charge < -0.3 is 29.9 Å². The van der Waals surface area contributed by atoms with Gasteiger partial charge in [-0.05, 0) is 44.0 Å². The number of carbonyl (C=O) groups is 2. The van der Waals surface area contributed by atoms with Gasteiger partial charge in [-0.25, -0.2) is 0 Å². The standard InChI is InChI=1S/C22H26N2O6/c1-14-4-5-19(15(2)10-14)30-13-20(27)23-6-3-7-24(9-8-23)22(29)16-11-17(25)21(28)18(26)12-16/h4-5,10-12,25-26,28H,3,6-9,13H2,1-2H3. The summed E-state index contributed by atoms with van der Waals surface area (Å²) in [5, 5.41) is 28.7. The van der Waals surface area contributed by atoms with Crippen molar-refractivity contribution in [2.75, 3.05) is 32.8 Å². The van der Waals surface area contributed by atoms with Crippen molar-refractivity contribution in [3.05, 3.63) is 47.0 Å². The molecule has 3 N–H and O–H groups in total. The topological polar surface area (TPSA) is 111 Å². The Balaban J connectivity index is 1.59. The number of aromatic hydroxyl groups is 3. The van der Waals surface area contributed by atoms with E-state index < -0.39 is 17.2 Å². The van der Waals surface area contributed by atoms with E-state index in [-0.39, 0.29) is 24.0 Å². The number of nitrogens with zero attached hydrogens (tertiary/aromatic N) is 2. The number of phenolic OH excluding ortho intramolecular Hbond substituents is 3. The van der Waals surface area contributed by atoms with Crippen molar-refractivity contribution in [1.82, 2.24) is 9.80 Å². The lowest BCUT2D eigenvalue weighted by atomic mass is 10.1. The van der Waals surface area contributed by atoms with Crippen molar-refractivity contribution < 1.29 is 29.6 Å². The van der Waals surface area contributed by atoms with Gasteiger partial charge in [0, 0.05) is 31.7 Å². The van der Waals surface area contributed by atoms with E-state index in [1.807, 2.05) is 32.0 Å². The van der Waals surface area contributed by atoms with E-state index >= 15 is 0 Å². The van der Waals surface area contributed by atoms with Crippen LogP contribution in [0.2, 0.25) is 0 Å². The Kier molecular flexibility index (Phi) is 6.34. The van der Waals surface area contributed by atoms with E-state index in [1.165, 1.54) is 0 Å². The SMILES string of the molecule is Cc1ccc(OCC(=O)N2CCCN(C(=O)c3cc(O)c(O)c(O)c3)CC2)c(C)c1. The minimum absolute atomic E-state index is 0.0701. The van der Waals surface area contributed by atoms with Crippen molar-refractivity contribution in [2.45, 2.75) is 20.3 Å². The van der Waals surface area contributed by atoms with Crippen LogP contribution in [0, 0.1) is 13.8 Å². The Bertz CT molecular complexity index is 936. The smallest absolute Gasteiger partial charge is 0.260 e. The van der Waals surface area contributed by atoms with Crippen LogP contribution in [0.15, 0.2) is 30.3 Å². The highest BCUT2D eigenvalue weighted by Gasteiger charge is 2.24. The van der Waals surface area contributed by atoms with Crippen LogP contribution in [-0.2, 0) is 4.79 Å². The van der Waals surface area contributed by atoms with E-state index in [0.29, 0.717) is 38.3 Å². The predicted octanol–water partition coefficient (Wildman–Crippen LogP) is 2.17. The number of ether oxygens (including phenoxy) is 1. The third kappa shape index (κ3) is 4.76. The number of hydrogen-bond acceptors (Lipinski definition) is 6. The lowest BCUT2D eigenvalue weighted by Crippen LogP contribution is -2.39. The second-order valence-electron chi connectivity index (χ2n) is 7.45.